The lowest BCUT2D eigenvalue weighted by molar-refractivity contribution is 0.0250. The van der Waals surface area contributed by atoms with Gasteiger partial charge >= 0.3 is 0 Å². The lowest BCUT2D eigenvalue weighted by Crippen LogP contribution is -2.33. The van der Waals surface area contributed by atoms with Gasteiger partial charge in [-0.15, -0.1) is 0 Å². The van der Waals surface area contributed by atoms with Crippen LogP contribution in [0.1, 0.15) is 41.3 Å². The van der Waals surface area contributed by atoms with Gasteiger partial charge in [-0.3, -0.25) is 14.5 Å². The second-order valence-corrected chi connectivity index (χ2v) is 6.35. The van der Waals surface area contributed by atoms with Crippen molar-refractivity contribution in [3.8, 4) is 0 Å². The van der Waals surface area contributed by atoms with Gasteiger partial charge in [0.2, 0.25) is 0 Å². The quantitative estimate of drug-likeness (QED) is 0.852. The number of anilines is 1. The second kappa shape index (κ2) is 7.95. The minimum Gasteiger partial charge on any atom is -0.369 e. The first-order chi connectivity index (χ1) is 12.1. The van der Waals surface area contributed by atoms with Gasteiger partial charge in [0.05, 0.1) is 34.9 Å². The number of carbonyl (C=O) groups is 1. The summed E-state index contributed by atoms with van der Waals surface area (Å²) >= 11 is 6.31. The van der Waals surface area contributed by atoms with Crippen molar-refractivity contribution in [2.75, 3.05) is 25.0 Å². The van der Waals surface area contributed by atoms with Gasteiger partial charge in [0.1, 0.15) is 6.10 Å². The molecule has 1 aliphatic rings. The molecule has 1 amide bonds. The molecular formula is C17H22ClN5O2. The van der Waals surface area contributed by atoms with E-state index in [0.29, 0.717) is 17.3 Å². The van der Waals surface area contributed by atoms with Crippen LogP contribution >= 0.6 is 11.6 Å². The molecule has 7 nitrogen and oxygen atoms in total. The van der Waals surface area contributed by atoms with E-state index >= 15 is 0 Å². The number of hydrogen-bond acceptors (Lipinski definition) is 5. The van der Waals surface area contributed by atoms with E-state index in [0.717, 1.165) is 37.3 Å². The summed E-state index contributed by atoms with van der Waals surface area (Å²) in [5, 5.41) is 10.7. The maximum absolute atomic E-state index is 12.5. The summed E-state index contributed by atoms with van der Waals surface area (Å²) in [6.07, 6.45) is 3.28. The Labute approximate surface area is 151 Å². The number of hydrogen-bond donors (Lipinski definition) is 2. The average molecular weight is 364 g/mol. The van der Waals surface area contributed by atoms with Gasteiger partial charge in [-0.2, -0.15) is 5.10 Å². The molecule has 3 heterocycles. The Morgan fingerprint density at radius 2 is 2.36 bits per heavy atom. The normalized spacial score (nSPS) is 17.5. The Bertz CT molecular complexity index is 738. The van der Waals surface area contributed by atoms with Gasteiger partial charge in [-0.05, 0) is 18.6 Å². The predicted octanol–water partition coefficient (Wildman–Crippen LogP) is 2.33. The standard InChI is InChI=1S/C17H22ClN5O2/c1-3-4-13-15(18)16(22-23(13)2)17(24)21-11-5-6-12(20-9-11)14-10-19-7-8-25-14/h5-6,9,14,19H,3-4,7-8,10H2,1-2H3,(H,21,24)/t14-/m1/s1. The van der Waals surface area contributed by atoms with Crippen molar-refractivity contribution in [2.45, 2.75) is 25.9 Å². The summed E-state index contributed by atoms with van der Waals surface area (Å²) in [5.41, 5.74) is 2.53. The molecule has 0 bridgehead atoms. The molecule has 2 aromatic rings. The molecule has 0 unspecified atom stereocenters. The summed E-state index contributed by atoms with van der Waals surface area (Å²) in [4.78, 5) is 16.8. The number of nitrogens with zero attached hydrogens (tertiary/aromatic N) is 3. The summed E-state index contributed by atoms with van der Waals surface area (Å²) in [5.74, 6) is -0.340. The Morgan fingerprint density at radius 1 is 1.52 bits per heavy atom. The Morgan fingerprint density at radius 3 is 3.00 bits per heavy atom. The fourth-order valence-electron chi connectivity index (χ4n) is 2.80. The smallest absolute Gasteiger partial charge is 0.277 e. The highest BCUT2D eigenvalue weighted by Gasteiger charge is 2.21. The number of carbonyl (C=O) groups excluding carboxylic acids is 1. The van der Waals surface area contributed by atoms with Crippen molar-refractivity contribution in [3.63, 3.8) is 0 Å². The first-order valence-corrected chi connectivity index (χ1v) is 8.79. The van der Waals surface area contributed by atoms with Crippen LogP contribution in [0.25, 0.3) is 0 Å². The number of morpholine rings is 1. The summed E-state index contributed by atoms with van der Waals surface area (Å²) in [6, 6.07) is 3.66. The monoisotopic (exact) mass is 363 g/mol. The third-order valence-electron chi connectivity index (χ3n) is 4.11. The zero-order valence-electron chi connectivity index (χ0n) is 14.4. The van der Waals surface area contributed by atoms with Crippen molar-refractivity contribution in [2.24, 2.45) is 7.05 Å². The Hall–Kier alpha value is -1.96. The first kappa shape index (κ1) is 17.8. The maximum Gasteiger partial charge on any atom is 0.277 e. The molecule has 2 N–H and O–H groups in total. The lowest BCUT2D eigenvalue weighted by atomic mass is 10.2. The highest BCUT2D eigenvalue weighted by molar-refractivity contribution is 6.34. The summed E-state index contributed by atoms with van der Waals surface area (Å²) in [6.45, 7) is 4.32. The molecular weight excluding hydrogens is 342 g/mol. The lowest BCUT2D eigenvalue weighted by Gasteiger charge is -2.23. The maximum atomic E-state index is 12.5. The van der Waals surface area contributed by atoms with Crippen molar-refractivity contribution >= 4 is 23.2 Å². The van der Waals surface area contributed by atoms with Crippen LogP contribution in [-0.4, -0.2) is 40.4 Å². The van der Waals surface area contributed by atoms with Crippen LogP contribution < -0.4 is 10.6 Å². The second-order valence-electron chi connectivity index (χ2n) is 5.97. The number of aryl methyl sites for hydroxylation is 1. The average Bonchev–Trinajstić information content (AvgIpc) is 2.92. The van der Waals surface area contributed by atoms with Crippen LogP contribution in [0.3, 0.4) is 0 Å². The molecule has 1 fully saturated rings. The van der Waals surface area contributed by atoms with Crippen LogP contribution in [-0.2, 0) is 18.2 Å². The number of amides is 1. The SMILES string of the molecule is CCCc1c(Cl)c(C(=O)Nc2ccc([C@H]3CNCCO3)nc2)nn1C. The molecule has 134 valence electrons. The van der Waals surface area contributed by atoms with Crippen LogP contribution in [0.5, 0.6) is 0 Å². The predicted molar refractivity (Wildman–Crippen MR) is 96.0 cm³/mol. The molecule has 0 aliphatic carbocycles. The summed E-state index contributed by atoms with van der Waals surface area (Å²) < 4.78 is 7.33. The van der Waals surface area contributed by atoms with Crippen molar-refractivity contribution in [1.29, 1.82) is 0 Å². The fraction of sp³-hybridized carbons (Fsp3) is 0.471. The number of aromatic nitrogens is 3. The zero-order valence-corrected chi connectivity index (χ0v) is 15.1. The highest BCUT2D eigenvalue weighted by Crippen LogP contribution is 2.23. The molecule has 0 radical (unpaired) electrons. The molecule has 1 atom stereocenters. The van der Waals surface area contributed by atoms with E-state index in [2.05, 4.69) is 27.6 Å². The topological polar surface area (TPSA) is 81.1 Å². The molecule has 25 heavy (non-hydrogen) atoms. The van der Waals surface area contributed by atoms with E-state index in [1.807, 2.05) is 12.1 Å². The Balaban J connectivity index is 1.69. The van der Waals surface area contributed by atoms with E-state index in [9.17, 15) is 4.79 Å². The minimum atomic E-state index is -0.340. The van der Waals surface area contributed by atoms with Crippen molar-refractivity contribution < 1.29 is 9.53 Å². The van der Waals surface area contributed by atoms with Gasteiger partial charge in [-0.25, -0.2) is 0 Å². The van der Waals surface area contributed by atoms with Gasteiger partial charge in [-0.1, -0.05) is 24.9 Å². The number of rotatable bonds is 5. The van der Waals surface area contributed by atoms with E-state index in [1.54, 1.807) is 17.9 Å². The summed E-state index contributed by atoms with van der Waals surface area (Å²) in [7, 11) is 1.79. The van der Waals surface area contributed by atoms with Gasteiger partial charge in [0.25, 0.3) is 5.91 Å². The van der Waals surface area contributed by atoms with Crippen LogP contribution in [0, 0.1) is 0 Å². The van der Waals surface area contributed by atoms with E-state index in [4.69, 9.17) is 16.3 Å². The van der Waals surface area contributed by atoms with Gasteiger partial charge in [0.15, 0.2) is 5.69 Å². The molecule has 8 heteroatoms. The Kier molecular flexibility index (Phi) is 5.67. The van der Waals surface area contributed by atoms with Gasteiger partial charge in [0, 0.05) is 20.1 Å². The third-order valence-corrected chi connectivity index (χ3v) is 4.50. The zero-order chi connectivity index (χ0) is 17.8. The van der Waals surface area contributed by atoms with E-state index in [-0.39, 0.29) is 17.7 Å². The molecule has 0 aromatic carbocycles. The largest absolute Gasteiger partial charge is 0.369 e. The first-order valence-electron chi connectivity index (χ1n) is 8.41. The number of ether oxygens (including phenoxy) is 1. The van der Waals surface area contributed by atoms with Gasteiger partial charge < -0.3 is 15.4 Å². The number of halogens is 1. The molecule has 2 aromatic heterocycles. The fourth-order valence-corrected chi connectivity index (χ4v) is 3.14. The molecule has 3 rings (SSSR count). The molecule has 0 saturated carbocycles. The van der Waals surface area contributed by atoms with Crippen LogP contribution in [0.15, 0.2) is 18.3 Å². The molecule has 1 saturated heterocycles. The number of nitrogens with one attached hydrogen (secondary N) is 2. The van der Waals surface area contributed by atoms with Crippen LogP contribution in [0.4, 0.5) is 5.69 Å². The third kappa shape index (κ3) is 4.00. The number of pyridine rings is 1. The highest BCUT2D eigenvalue weighted by atomic mass is 35.5. The minimum absolute atomic E-state index is 0.0552. The van der Waals surface area contributed by atoms with Crippen LogP contribution in [0.2, 0.25) is 5.02 Å². The van der Waals surface area contributed by atoms with Crippen molar-refractivity contribution in [3.05, 3.63) is 40.4 Å². The van der Waals surface area contributed by atoms with E-state index < -0.39 is 0 Å². The molecule has 1 aliphatic heterocycles. The molecule has 0 spiro atoms. The van der Waals surface area contributed by atoms with Crippen molar-refractivity contribution in [1.82, 2.24) is 20.1 Å². The van der Waals surface area contributed by atoms with E-state index in [1.165, 1.54) is 0 Å².